The van der Waals surface area contributed by atoms with E-state index in [1.54, 1.807) is 26.0 Å². The number of ether oxygens (including phenoxy) is 3. The Labute approximate surface area is 265 Å². The van der Waals surface area contributed by atoms with Gasteiger partial charge in [0, 0.05) is 19.1 Å². The van der Waals surface area contributed by atoms with Crippen LogP contribution in [0.3, 0.4) is 0 Å². The molecule has 3 aliphatic heterocycles. The van der Waals surface area contributed by atoms with Crippen LogP contribution in [0.15, 0.2) is 40.8 Å². The van der Waals surface area contributed by atoms with Crippen molar-refractivity contribution < 1.29 is 32.9 Å². The average molecular weight is 628 g/mol. The average Bonchev–Trinajstić information content (AvgIpc) is 3.66. The fourth-order valence-electron chi connectivity index (χ4n) is 6.68. The van der Waals surface area contributed by atoms with Crippen LogP contribution in [-0.4, -0.2) is 56.3 Å². The predicted octanol–water partition coefficient (Wildman–Crippen LogP) is 5.68. The van der Waals surface area contributed by atoms with E-state index in [0.29, 0.717) is 30.3 Å². The minimum absolute atomic E-state index is 0.0534. The highest BCUT2D eigenvalue weighted by Crippen LogP contribution is 2.49. The standard InChI is InChI=1S/C34H34FN5O6/c1-19-30(32-38-29(33(41)42)20(2)44-32)40(17-23-11-14-43-23)28(37-19)18-39-12-9-22(10-13-39)24-5-4-6-27-31(24)46-34(3,45-27)25-8-7-21(16-36)15-26(25)35/h4-8,15,22-23H,9-14,17-18H2,1-3H3,(H,41,42)/t23-,34-/m0/s1. The minimum Gasteiger partial charge on any atom is -0.476 e. The first-order valence-electron chi connectivity index (χ1n) is 15.5. The van der Waals surface area contributed by atoms with Gasteiger partial charge in [0.1, 0.15) is 23.1 Å². The largest absolute Gasteiger partial charge is 0.476 e. The molecule has 0 aliphatic carbocycles. The number of carboxylic acids is 1. The molecule has 12 heteroatoms. The lowest BCUT2D eigenvalue weighted by molar-refractivity contribution is -0.0712. The number of aromatic carboxylic acids is 1. The second-order valence-electron chi connectivity index (χ2n) is 12.3. The van der Waals surface area contributed by atoms with E-state index in [1.807, 2.05) is 31.2 Å². The Kier molecular flexibility index (Phi) is 7.53. The van der Waals surface area contributed by atoms with Crippen molar-refractivity contribution in [1.82, 2.24) is 19.4 Å². The van der Waals surface area contributed by atoms with E-state index in [9.17, 15) is 14.3 Å². The molecule has 0 unspecified atom stereocenters. The number of fused-ring (bicyclic) bond motifs is 1. The van der Waals surface area contributed by atoms with Crippen molar-refractivity contribution in [2.75, 3.05) is 19.7 Å². The van der Waals surface area contributed by atoms with Crippen molar-refractivity contribution in [3.05, 3.63) is 81.9 Å². The molecule has 46 heavy (non-hydrogen) atoms. The van der Waals surface area contributed by atoms with Gasteiger partial charge in [-0.25, -0.2) is 19.2 Å². The van der Waals surface area contributed by atoms with Gasteiger partial charge in [-0.3, -0.25) is 4.90 Å². The van der Waals surface area contributed by atoms with E-state index in [0.717, 1.165) is 56.0 Å². The van der Waals surface area contributed by atoms with E-state index >= 15 is 0 Å². The van der Waals surface area contributed by atoms with Crippen LogP contribution in [0.5, 0.6) is 11.5 Å². The number of imidazole rings is 1. The molecular formula is C34H34FN5O6. The van der Waals surface area contributed by atoms with Crippen LogP contribution < -0.4 is 9.47 Å². The number of para-hydroxylation sites is 1. The third kappa shape index (κ3) is 5.29. The van der Waals surface area contributed by atoms with Gasteiger partial charge >= 0.3 is 5.97 Å². The van der Waals surface area contributed by atoms with Crippen molar-refractivity contribution in [2.24, 2.45) is 0 Å². The van der Waals surface area contributed by atoms with Crippen molar-refractivity contribution in [3.8, 4) is 29.2 Å². The molecule has 238 valence electrons. The summed E-state index contributed by atoms with van der Waals surface area (Å²) >= 11 is 0. The number of hydrogen-bond donors (Lipinski definition) is 1. The highest BCUT2D eigenvalue weighted by atomic mass is 19.1. The van der Waals surface area contributed by atoms with E-state index in [4.69, 9.17) is 28.9 Å². The Morgan fingerprint density at radius 2 is 1.93 bits per heavy atom. The van der Waals surface area contributed by atoms with Crippen LogP contribution in [0.25, 0.3) is 11.6 Å². The number of nitrogens with zero attached hydrogens (tertiary/aromatic N) is 5. The second kappa shape index (κ2) is 11.6. The van der Waals surface area contributed by atoms with Gasteiger partial charge in [-0.1, -0.05) is 12.1 Å². The summed E-state index contributed by atoms with van der Waals surface area (Å²) in [4.78, 5) is 23.2. The van der Waals surface area contributed by atoms with Crippen LogP contribution in [-0.2, 0) is 23.6 Å². The van der Waals surface area contributed by atoms with Crippen molar-refractivity contribution >= 4 is 5.97 Å². The Balaban J connectivity index is 1.08. The molecule has 5 heterocycles. The van der Waals surface area contributed by atoms with Crippen LogP contribution in [0.4, 0.5) is 4.39 Å². The highest BCUT2D eigenvalue weighted by molar-refractivity contribution is 5.87. The van der Waals surface area contributed by atoms with Gasteiger partial charge in [-0.05, 0) is 76.4 Å². The minimum atomic E-state index is -1.35. The molecule has 11 nitrogen and oxygen atoms in total. The summed E-state index contributed by atoms with van der Waals surface area (Å²) in [6.07, 6.45) is 2.75. The fraction of sp³-hybridized carbons (Fsp3) is 0.412. The van der Waals surface area contributed by atoms with Crippen LogP contribution >= 0.6 is 0 Å². The molecule has 2 atom stereocenters. The van der Waals surface area contributed by atoms with Gasteiger partial charge in [0.25, 0.3) is 5.79 Å². The smallest absolute Gasteiger partial charge is 0.358 e. The fourth-order valence-corrected chi connectivity index (χ4v) is 6.68. The molecular weight excluding hydrogens is 593 g/mol. The zero-order valence-electron chi connectivity index (χ0n) is 25.9. The molecule has 4 aromatic rings. The summed E-state index contributed by atoms with van der Waals surface area (Å²) in [6.45, 7) is 8.72. The number of hydrogen-bond acceptors (Lipinski definition) is 9. The lowest BCUT2D eigenvalue weighted by Gasteiger charge is -2.33. The third-order valence-corrected chi connectivity index (χ3v) is 9.19. The maximum atomic E-state index is 15.0. The Bertz CT molecular complexity index is 1870. The first kappa shape index (κ1) is 30.0. The molecule has 0 radical (unpaired) electrons. The Morgan fingerprint density at radius 3 is 2.59 bits per heavy atom. The number of benzene rings is 2. The molecule has 2 aromatic heterocycles. The number of aromatic nitrogens is 3. The van der Waals surface area contributed by atoms with Crippen LogP contribution in [0.1, 0.15) is 76.6 Å². The molecule has 2 saturated heterocycles. The first-order chi connectivity index (χ1) is 22.1. The summed E-state index contributed by atoms with van der Waals surface area (Å²) in [5, 5.41) is 18.7. The quantitative estimate of drug-likeness (QED) is 0.260. The van der Waals surface area contributed by atoms with Crippen LogP contribution in [0, 0.1) is 31.0 Å². The number of carbonyl (C=O) groups is 1. The predicted molar refractivity (Wildman–Crippen MR) is 162 cm³/mol. The lowest BCUT2D eigenvalue weighted by atomic mass is 9.88. The van der Waals surface area contributed by atoms with E-state index in [2.05, 4.69) is 14.5 Å². The maximum absolute atomic E-state index is 15.0. The van der Waals surface area contributed by atoms with Crippen molar-refractivity contribution in [3.63, 3.8) is 0 Å². The second-order valence-corrected chi connectivity index (χ2v) is 12.3. The molecule has 0 saturated carbocycles. The zero-order chi connectivity index (χ0) is 32.2. The summed E-state index contributed by atoms with van der Waals surface area (Å²) in [5.41, 5.74) is 2.80. The number of nitriles is 1. The first-order valence-corrected chi connectivity index (χ1v) is 15.5. The summed E-state index contributed by atoms with van der Waals surface area (Å²) in [7, 11) is 0. The summed E-state index contributed by atoms with van der Waals surface area (Å²) in [5.74, 6) is -0.258. The van der Waals surface area contributed by atoms with E-state index in [1.165, 1.54) is 6.07 Å². The van der Waals surface area contributed by atoms with Crippen molar-refractivity contribution in [1.29, 1.82) is 5.26 Å². The topological polar surface area (TPSA) is 136 Å². The van der Waals surface area contributed by atoms with Gasteiger partial charge in [-0.15, -0.1) is 0 Å². The van der Waals surface area contributed by atoms with Gasteiger partial charge in [0.15, 0.2) is 17.2 Å². The number of carboxylic acid groups (broad SMARTS) is 1. The molecule has 3 aliphatic rings. The number of rotatable bonds is 8. The van der Waals surface area contributed by atoms with Gasteiger partial charge in [0.2, 0.25) is 5.89 Å². The monoisotopic (exact) mass is 627 g/mol. The summed E-state index contributed by atoms with van der Waals surface area (Å²) < 4.78 is 41.1. The lowest BCUT2D eigenvalue weighted by Crippen LogP contribution is -2.35. The number of likely N-dealkylation sites (tertiary alicyclic amines) is 1. The van der Waals surface area contributed by atoms with Gasteiger partial charge in [0.05, 0.1) is 42.1 Å². The van der Waals surface area contributed by atoms with Gasteiger partial charge in [-0.2, -0.15) is 5.26 Å². The third-order valence-electron chi connectivity index (χ3n) is 9.19. The highest BCUT2D eigenvalue weighted by Gasteiger charge is 2.43. The maximum Gasteiger partial charge on any atom is 0.358 e. The van der Waals surface area contributed by atoms with Crippen LogP contribution in [0.2, 0.25) is 0 Å². The number of oxazole rings is 1. The summed E-state index contributed by atoms with van der Waals surface area (Å²) in [6, 6.07) is 12.1. The zero-order valence-corrected chi connectivity index (χ0v) is 25.9. The van der Waals surface area contributed by atoms with E-state index < -0.39 is 17.6 Å². The molecule has 0 spiro atoms. The molecule has 2 aromatic carbocycles. The normalized spacial score (nSPS) is 21.2. The SMILES string of the molecule is Cc1nc(CN2CCC(c3cccc4c3O[C@@](C)(c3ccc(C#N)cc3F)O4)CC2)n(C[C@@H]2CCO2)c1-c1nc(C(=O)O)c(C)o1. The number of aryl methyl sites for hydroxylation is 2. The Morgan fingerprint density at radius 1 is 1.15 bits per heavy atom. The number of piperidine rings is 1. The van der Waals surface area contributed by atoms with E-state index in [-0.39, 0.29) is 40.5 Å². The number of halogens is 1. The Hall–Kier alpha value is -4.73. The molecule has 2 fully saturated rings. The molecule has 0 amide bonds. The molecule has 1 N–H and O–H groups in total. The van der Waals surface area contributed by atoms with Gasteiger partial charge < -0.3 is 28.3 Å². The molecule has 0 bridgehead atoms. The van der Waals surface area contributed by atoms with Crippen molar-refractivity contribution in [2.45, 2.75) is 70.9 Å². The molecule has 7 rings (SSSR count).